The number of hydrogen-bond acceptors (Lipinski definition) is 3. The van der Waals surface area contributed by atoms with Crippen molar-refractivity contribution in [1.29, 1.82) is 0 Å². The average molecular weight is 256 g/mol. The van der Waals surface area contributed by atoms with Gasteiger partial charge in [0, 0.05) is 23.7 Å². The van der Waals surface area contributed by atoms with Gasteiger partial charge in [-0.15, -0.1) is 0 Å². The van der Waals surface area contributed by atoms with Gasteiger partial charge >= 0.3 is 0 Å². The zero-order valence-electron chi connectivity index (χ0n) is 10.6. The number of fused-ring (bicyclic) bond motifs is 1. The summed E-state index contributed by atoms with van der Waals surface area (Å²) in [7, 11) is 0. The molecule has 1 amide bonds. The summed E-state index contributed by atoms with van der Waals surface area (Å²) in [6.07, 6.45) is 3.59. The minimum absolute atomic E-state index is 0.00213. The van der Waals surface area contributed by atoms with Crippen LogP contribution >= 0.6 is 0 Å². The minimum Gasteiger partial charge on any atom is -0.394 e. The molecule has 1 aromatic heterocycles. The smallest absolute Gasteiger partial charge is 0.254 e. The Morgan fingerprint density at radius 2 is 2.32 bits per heavy atom. The predicted octanol–water partition coefficient (Wildman–Crippen LogP) is 1.83. The molecule has 3 rings (SSSR count). The average Bonchev–Trinajstić information content (AvgIpc) is 2.94. The van der Waals surface area contributed by atoms with Gasteiger partial charge in [0.05, 0.1) is 18.2 Å². The maximum Gasteiger partial charge on any atom is 0.254 e. The van der Waals surface area contributed by atoms with Crippen molar-refractivity contribution in [2.24, 2.45) is 0 Å². The van der Waals surface area contributed by atoms with Crippen molar-refractivity contribution in [3.8, 4) is 0 Å². The van der Waals surface area contributed by atoms with E-state index in [1.165, 1.54) is 0 Å². The number of rotatable bonds is 2. The monoisotopic (exact) mass is 256 g/mol. The zero-order valence-corrected chi connectivity index (χ0v) is 10.6. The predicted molar refractivity (Wildman–Crippen MR) is 72.9 cm³/mol. The maximum atomic E-state index is 12.5. The first-order valence-corrected chi connectivity index (χ1v) is 6.56. The second-order valence-corrected chi connectivity index (χ2v) is 4.89. The molecule has 4 nitrogen and oxygen atoms in total. The number of hydrogen-bond donors (Lipinski definition) is 1. The third-order valence-electron chi connectivity index (χ3n) is 3.70. The number of aliphatic hydroxyl groups excluding tert-OH is 1. The van der Waals surface area contributed by atoms with E-state index in [9.17, 15) is 9.90 Å². The molecule has 19 heavy (non-hydrogen) atoms. The molecule has 0 radical (unpaired) electrons. The second-order valence-electron chi connectivity index (χ2n) is 4.89. The van der Waals surface area contributed by atoms with Crippen LogP contribution in [0.3, 0.4) is 0 Å². The molecule has 0 saturated carbocycles. The molecule has 2 aromatic rings. The Bertz CT molecular complexity index is 612. The minimum atomic E-state index is -0.0305. The molecular weight excluding hydrogens is 240 g/mol. The summed E-state index contributed by atoms with van der Waals surface area (Å²) >= 11 is 0. The Labute approximate surface area is 111 Å². The molecule has 2 heterocycles. The van der Waals surface area contributed by atoms with Gasteiger partial charge in [0.1, 0.15) is 0 Å². The first-order valence-electron chi connectivity index (χ1n) is 6.56. The van der Waals surface area contributed by atoms with E-state index in [4.69, 9.17) is 0 Å². The van der Waals surface area contributed by atoms with Crippen molar-refractivity contribution in [3.05, 3.63) is 42.1 Å². The van der Waals surface area contributed by atoms with Crippen molar-refractivity contribution in [1.82, 2.24) is 9.88 Å². The molecule has 98 valence electrons. The number of carbonyl (C=O) groups excluding carboxylic acids is 1. The number of likely N-dealkylation sites (tertiary alicyclic amines) is 1. The Hall–Kier alpha value is -1.94. The van der Waals surface area contributed by atoms with Gasteiger partial charge in [-0.25, -0.2) is 0 Å². The lowest BCUT2D eigenvalue weighted by Gasteiger charge is -2.23. The molecular formula is C15H16N2O2. The topological polar surface area (TPSA) is 53.4 Å². The number of aromatic nitrogens is 1. The van der Waals surface area contributed by atoms with Gasteiger partial charge in [-0.1, -0.05) is 6.07 Å². The fourth-order valence-electron chi connectivity index (χ4n) is 2.67. The molecule has 1 fully saturated rings. The number of nitrogens with zero attached hydrogens (tertiary/aromatic N) is 2. The highest BCUT2D eigenvalue weighted by Gasteiger charge is 2.28. The van der Waals surface area contributed by atoms with E-state index in [1.54, 1.807) is 11.1 Å². The number of carbonyl (C=O) groups is 1. The molecule has 1 aliphatic rings. The summed E-state index contributed by atoms with van der Waals surface area (Å²) < 4.78 is 0. The van der Waals surface area contributed by atoms with Crippen molar-refractivity contribution >= 4 is 16.8 Å². The summed E-state index contributed by atoms with van der Waals surface area (Å²) in [6, 6.07) is 9.33. The van der Waals surface area contributed by atoms with E-state index in [2.05, 4.69) is 4.98 Å². The highest BCUT2D eigenvalue weighted by Crippen LogP contribution is 2.21. The van der Waals surface area contributed by atoms with Crippen LogP contribution in [0.4, 0.5) is 0 Å². The van der Waals surface area contributed by atoms with Crippen molar-refractivity contribution in [2.75, 3.05) is 13.2 Å². The third kappa shape index (κ3) is 2.19. The van der Waals surface area contributed by atoms with Gasteiger partial charge < -0.3 is 10.0 Å². The van der Waals surface area contributed by atoms with Crippen molar-refractivity contribution in [2.45, 2.75) is 18.9 Å². The van der Waals surface area contributed by atoms with Gasteiger partial charge in [0.2, 0.25) is 0 Å². The molecule has 0 bridgehead atoms. The Balaban J connectivity index is 1.93. The molecule has 0 unspecified atom stereocenters. The van der Waals surface area contributed by atoms with Crippen LogP contribution in [-0.2, 0) is 0 Å². The highest BCUT2D eigenvalue weighted by molar-refractivity contribution is 5.98. The van der Waals surface area contributed by atoms with Gasteiger partial charge in [-0.2, -0.15) is 0 Å². The molecule has 1 aromatic carbocycles. The second kappa shape index (κ2) is 4.97. The highest BCUT2D eigenvalue weighted by atomic mass is 16.3. The molecule has 4 heteroatoms. The molecule has 1 N–H and O–H groups in total. The molecule has 1 atom stereocenters. The van der Waals surface area contributed by atoms with Gasteiger partial charge in [-0.3, -0.25) is 9.78 Å². The normalized spacial score (nSPS) is 19.0. The van der Waals surface area contributed by atoms with Crippen molar-refractivity contribution in [3.63, 3.8) is 0 Å². The third-order valence-corrected chi connectivity index (χ3v) is 3.70. The summed E-state index contributed by atoms with van der Waals surface area (Å²) in [6.45, 7) is 0.774. The Morgan fingerprint density at radius 1 is 1.42 bits per heavy atom. The van der Waals surface area contributed by atoms with Crippen LogP contribution < -0.4 is 0 Å². The number of benzene rings is 1. The molecule has 0 spiro atoms. The van der Waals surface area contributed by atoms with Gasteiger partial charge in [0.25, 0.3) is 5.91 Å². The summed E-state index contributed by atoms with van der Waals surface area (Å²) in [5.74, 6) is 0.00213. The first-order chi connectivity index (χ1) is 9.29. The SMILES string of the molecule is O=C(c1ccc2ncccc2c1)N1CCC[C@H]1CO. The number of pyridine rings is 1. The van der Waals surface area contributed by atoms with E-state index in [1.807, 2.05) is 30.3 Å². The van der Waals surface area contributed by atoms with Crippen LogP contribution in [0.15, 0.2) is 36.5 Å². The molecule has 1 aliphatic heterocycles. The lowest BCUT2D eigenvalue weighted by Crippen LogP contribution is -2.37. The number of aliphatic hydroxyl groups is 1. The van der Waals surface area contributed by atoms with E-state index >= 15 is 0 Å². The van der Waals surface area contributed by atoms with E-state index in [0.717, 1.165) is 30.3 Å². The van der Waals surface area contributed by atoms with Crippen LogP contribution in [-0.4, -0.2) is 40.1 Å². The maximum absolute atomic E-state index is 12.5. The Kier molecular flexibility index (Phi) is 3.17. The quantitative estimate of drug-likeness (QED) is 0.892. The Morgan fingerprint density at radius 3 is 3.16 bits per heavy atom. The lowest BCUT2D eigenvalue weighted by molar-refractivity contribution is 0.0678. The van der Waals surface area contributed by atoms with Crippen LogP contribution in [0.1, 0.15) is 23.2 Å². The van der Waals surface area contributed by atoms with Crippen LogP contribution in [0.25, 0.3) is 10.9 Å². The largest absolute Gasteiger partial charge is 0.394 e. The lowest BCUT2D eigenvalue weighted by atomic mass is 10.1. The fraction of sp³-hybridized carbons (Fsp3) is 0.333. The van der Waals surface area contributed by atoms with Crippen LogP contribution in [0.5, 0.6) is 0 Å². The fourth-order valence-corrected chi connectivity index (χ4v) is 2.67. The van der Waals surface area contributed by atoms with Crippen LogP contribution in [0.2, 0.25) is 0 Å². The van der Waals surface area contributed by atoms with Gasteiger partial charge in [-0.05, 0) is 37.1 Å². The van der Waals surface area contributed by atoms with Crippen LogP contribution in [0, 0.1) is 0 Å². The van der Waals surface area contributed by atoms with E-state index in [-0.39, 0.29) is 18.6 Å². The standard InChI is InChI=1S/C15H16N2O2/c18-10-13-4-2-8-17(13)15(19)12-5-6-14-11(9-12)3-1-7-16-14/h1,3,5-7,9,13,18H,2,4,8,10H2/t13-/m0/s1. The van der Waals surface area contributed by atoms with Crippen molar-refractivity contribution < 1.29 is 9.90 Å². The van der Waals surface area contributed by atoms with E-state index < -0.39 is 0 Å². The van der Waals surface area contributed by atoms with Gasteiger partial charge in [0.15, 0.2) is 0 Å². The summed E-state index contributed by atoms with van der Waals surface area (Å²) in [5.41, 5.74) is 1.56. The molecule has 1 saturated heterocycles. The summed E-state index contributed by atoms with van der Waals surface area (Å²) in [4.78, 5) is 18.5. The summed E-state index contributed by atoms with van der Waals surface area (Å²) in [5, 5.41) is 10.3. The number of amides is 1. The first kappa shape index (κ1) is 12.1. The molecule has 0 aliphatic carbocycles. The van der Waals surface area contributed by atoms with E-state index in [0.29, 0.717) is 5.56 Å². The zero-order chi connectivity index (χ0) is 13.2.